The van der Waals surface area contributed by atoms with Crippen LogP contribution in [0.4, 0.5) is 0 Å². The van der Waals surface area contributed by atoms with Gasteiger partial charge in [-0.1, -0.05) is 18.2 Å². The summed E-state index contributed by atoms with van der Waals surface area (Å²) in [6.45, 7) is 0. The molecular formula is C13H12O3. The summed E-state index contributed by atoms with van der Waals surface area (Å²) in [5, 5.41) is 0. The zero-order valence-electron chi connectivity index (χ0n) is 8.92. The highest BCUT2D eigenvalue weighted by Crippen LogP contribution is 2.20. The summed E-state index contributed by atoms with van der Waals surface area (Å²) in [4.78, 5) is 20.9. The van der Waals surface area contributed by atoms with Crippen LogP contribution in [-0.2, 0) is 9.59 Å². The molecule has 0 unspecified atom stereocenters. The average Bonchev–Trinajstić information content (AvgIpc) is 2.34. The number of carbonyl (C=O) groups excluding carboxylic acids is 2. The molecule has 0 radical (unpaired) electrons. The maximum absolute atomic E-state index is 10.7. The molecule has 0 spiro atoms. The van der Waals surface area contributed by atoms with Gasteiger partial charge in [-0.2, -0.15) is 0 Å². The summed E-state index contributed by atoms with van der Waals surface area (Å²) in [6.07, 6.45) is 5.69. The molecule has 1 aromatic carbocycles. The van der Waals surface area contributed by atoms with Crippen LogP contribution in [0, 0.1) is 0 Å². The first-order valence-electron chi connectivity index (χ1n) is 4.73. The first kappa shape index (κ1) is 11.9. The lowest BCUT2D eigenvalue weighted by Gasteiger charge is -2.03. The Morgan fingerprint density at radius 3 is 2.62 bits per heavy atom. The number of benzene rings is 1. The molecule has 0 N–H and O–H groups in total. The third-order valence-corrected chi connectivity index (χ3v) is 1.96. The van der Waals surface area contributed by atoms with Gasteiger partial charge < -0.3 is 4.74 Å². The molecule has 16 heavy (non-hydrogen) atoms. The van der Waals surface area contributed by atoms with Crippen LogP contribution in [0.2, 0.25) is 0 Å². The molecule has 0 heterocycles. The molecule has 1 rings (SSSR count). The molecule has 0 aliphatic heterocycles. The Balaban J connectivity index is 3.07. The standard InChI is InChI=1S/C13H12O3/c1-16-13-7-3-2-6-12(13)9-11(10-15)5-4-8-14/h2-10H,1H3. The van der Waals surface area contributed by atoms with Crippen LogP contribution in [0.3, 0.4) is 0 Å². The van der Waals surface area contributed by atoms with E-state index in [-0.39, 0.29) is 0 Å². The number of carbonyl (C=O) groups is 2. The number of hydrogen-bond donors (Lipinski definition) is 0. The van der Waals surface area contributed by atoms with Crippen molar-refractivity contribution in [1.82, 2.24) is 0 Å². The van der Waals surface area contributed by atoms with Crippen LogP contribution in [0.1, 0.15) is 5.56 Å². The van der Waals surface area contributed by atoms with Crippen LogP contribution < -0.4 is 4.74 Å². The Morgan fingerprint density at radius 2 is 2.00 bits per heavy atom. The van der Waals surface area contributed by atoms with Gasteiger partial charge in [-0.15, -0.1) is 0 Å². The predicted molar refractivity (Wildman–Crippen MR) is 62.2 cm³/mol. The van der Waals surface area contributed by atoms with Crippen molar-refractivity contribution in [3.8, 4) is 5.75 Å². The van der Waals surface area contributed by atoms with E-state index in [0.717, 1.165) is 5.56 Å². The zero-order valence-corrected chi connectivity index (χ0v) is 8.92. The van der Waals surface area contributed by atoms with Gasteiger partial charge in [-0.05, 0) is 24.3 Å². The van der Waals surface area contributed by atoms with Crippen LogP contribution in [0.5, 0.6) is 5.75 Å². The van der Waals surface area contributed by atoms with Gasteiger partial charge in [-0.25, -0.2) is 0 Å². The Hall–Kier alpha value is -2.16. The molecular weight excluding hydrogens is 204 g/mol. The van der Waals surface area contributed by atoms with E-state index in [4.69, 9.17) is 4.74 Å². The Kier molecular flexibility index (Phi) is 4.73. The largest absolute Gasteiger partial charge is 0.496 e. The minimum atomic E-state index is 0.414. The normalized spacial score (nSPS) is 11.4. The van der Waals surface area contributed by atoms with Gasteiger partial charge in [0.1, 0.15) is 18.3 Å². The maximum atomic E-state index is 10.7. The van der Waals surface area contributed by atoms with Crippen LogP contribution in [-0.4, -0.2) is 19.7 Å². The molecule has 0 aromatic heterocycles. The SMILES string of the molecule is COc1ccccc1C=C(C=O)C=CC=O. The van der Waals surface area contributed by atoms with Crippen molar-refractivity contribution in [3.05, 3.63) is 47.6 Å². The van der Waals surface area contributed by atoms with Crippen LogP contribution in [0.25, 0.3) is 6.08 Å². The second-order valence-electron chi connectivity index (χ2n) is 3.00. The molecule has 1 aromatic rings. The summed E-state index contributed by atoms with van der Waals surface area (Å²) >= 11 is 0. The van der Waals surface area contributed by atoms with Crippen LogP contribution in [0.15, 0.2) is 42.0 Å². The summed E-state index contributed by atoms with van der Waals surface area (Å²) in [7, 11) is 1.56. The van der Waals surface area contributed by atoms with Crippen molar-refractivity contribution in [2.75, 3.05) is 7.11 Å². The number of allylic oxidation sites excluding steroid dienone is 3. The van der Waals surface area contributed by atoms with Crippen LogP contribution >= 0.6 is 0 Å². The van der Waals surface area contributed by atoms with Gasteiger partial charge in [0.2, 0.25) is 0 Å². The highest BCUT2D eigenvalue weighted by molar-refractivity contribution is 5.87. The zero-order chi connectivity index (χ0) is 11.8. The van der Waals surface area contributed by atoms with Crippen molar-refractivity contribution in [2.45, 2.75) is 0 Å². The average molecular weight is 216 g/mol. The summed E-state index contributed by atoms with van der Waals surface area (Å²) in [5.74, 6) is 0.682. The summed E-state index contributed by atoms with van der Waals surface area (Å²) < 4.78 is 5.14. The molecule has 3 heteroatoms. The Bertz CT molecular complexity index is 431. The Morgan fingerprint density at radius 1 is 1.25 bits per heavy atom. The van der Waals surface area contributed by atoms with E-state index in [0.29, 0.717) is 23.9 Å². The fourth-order valence-electron chi connectivity index (χ4n) is 1.24. The highest BCUT2D eigenvalue weighted by atomic mass is 16.5. The van der Waals surface area contributed by atoms with E-state index in [2.05, 4.69) is 0 Å². The van der Waals surface area contributed by atoms with Gasteiger partial charge in [0.15, 0.2) is 0 Å². The lowest BCUT2D eigenvalue weighted by atomic mass is 10.1. The first-order valence-corrected chi connectivity index (χ1v) is 4.73. The lowest BCUT2D eigenvalue weighted by Crippen LogP contribution is -1.87. The highest BCUT2D eigenvalue weighted by Gasteiger charge is 1.98. The molecule has 0 aliphatic rings. The van der Waals surface area contributed by atoms with E-state index < -0.39 is 0 Å². The van der Waals surface area contributed by atoms with E-state index in [1.165, 1.54) is 12.2 Å². The predicted octanol–water partition coefficient (Wildman–Crippen LogP) is 2.03. The van der Waals surface area contributed by atoms with Crippen molar-refractivity contribution in [3.63, 3.8) is 0 Å². The molecule has 0 bridgehead atoms. The lowest BCUT2D eigenvalue weighted by molar-refractivity contribution is -0.104. The number of methoxy groups -OCH3 is 1. The van der Waals surface area contributed by atoms with E-state index in [9.17, 15) is 9.59 Å². The second-order valence-corrected chi connectivity index (χ2v) is 3.00. The summed E-state index contributed by atoms with van der Waals surface area (Å²) in [5.41, 5.74) is 1.21. The van der Waals surface area contributed by atoms with E-state index in [1.807, 2.05) is 18.2 Å². The minimum absolute atomic E-state index is 0.414. The van der Waals surface area contributed by atoms with Gasteiger partial charge in [0, 0.05) is 11.1 Å². The first-order chi connectivity index (χ1) is 7.81. The molecule has 0 aliphatic carbocycles. The number of rotatable bonds is 5. The third kappa shape index (κ3) is 3.20. The van der Waals surface area contributed by atoms with Crippen molar-refractivity contribution < 1.29 is 14.3 Å². The number of hydrogen-bond acceptors (Lipinski definition) is 3. The summed E-state index contributed by atoms with van der Waals surface area (Å²) in [6, 6.07) is 7.33. The number of para-hydroxylation sites is 1. The molecule has 0 atom stereocenters. The third-order valence-electron chi connectivity index (χ3n) is 1.96. The molecule has 0 fully saturated rings. The molecule has 0 saturated carbocycles. The topological polar surface area (TPSA) is 43.4 Å². The van der Waals surface area contributed by atoms with Gasteiger partial charge >= 0.3 is 0 Å². The molecule has 82 valence electrons. The molecule has 0 amide bonds. The number of ether oxygens (including phenoxy) is 1. The van der Waals surface area contributed by atoms with Gasteiger partial charge in [0.05, 0.1) is 7.11 Å². The fourth-order valence-corrected chi connectivity index (χ4v) is 1.24. The van der Waals surface area contributed by atoms with E-state index >= 15 is 0 Å². The molecule has 3 nitrogen and oxygen atoms in total. The quantitative estimate of drug-likeness (QED) is 0.429. The monoisotopic (exact) mass is 216 g/mol. The van der Waals surface area contributed by atoms with Gasteiger partial charge in [-0.3, -0.25) is 9.59 Å². The fraction of sp³-hybridized carbons (Fsp3) is 0.0769. The molecule has 0 saturated heterocycles. The number of aldehydes is 2. The second kappa shape index (κ2) is 6.35. The Labute approximate surface area is 94.0 Å². The maximum Gasteiger partial charge on any atom is 0.150 e. The van der Waals surface area contributed by atoms with Crippen molar-refractivity contribution in [1.29, 1.82) is 0 Å². The van der Waals surface area contributed by atoms with E-state index in [1.54, 1.807) is 19.3 Å². The van der Waals surface area contributed by atoms with Gasteiger partial charge in [0.25, 0.3) is 0 Å². The smallest absolute Gasteiger partial charge is 0.150 e. The minimum Gasteiger partial charge on any atom is -0.496 e. The van der Waals surface area contributed by atoms with Crippen molar-refractivity contribution >= 4 is 18.6 Å². The van der Waals surface area contributed by atoms with Crippen molar-refractivity contribution in [2.24, 2.45) is 0 Å².